The van der Waals surface area contributed by atoms with Gasteiger partial charge in [0.15, 0.2) is 0 Å². The molecule has 0 aromatic heterocycles. The third-order valence-corrected chi connectivity index (χ3v) is 2.47. The topological polar surface area (TPSA) is 151 Å². The maximum atomic E-state index is 10.3. The zero-order valence-electron chi connectivity index (χ0n) is 13.3. The molecule has 0 aromatic carbocycles. The van der Waals surface area contributed by atoms with Crippen LogP contribution in [0.1, 0.15) is 8.56 Å². The van der Waals surface area contributed by atoms with E-state index in [4.69, 9.17) is 19.8 Å². The molecule has 84 valence electrons. The molecule has 0 aliphatic rings. The van der Waals surface area contributed by atoms with Gasteiger partial charge in [0.1, 0.15) is 0 Å². The Morgan fingerprint density at radius 2 is 1.40 bits per heavy atom. The molecule has 0 spiro atoms. The number of hydrogen-bond acceptors (Lipinski definition) is 5. The van der Waals surface area contributed by atoms with E-state index in [1.807, 2.05) is 0 Å². The molecule has 14 heteroatoms. The summed E-state index contributed by atoms with van der Waals surface area (Å²) in [5, 5.41) is 7.76. The normalized spacial score (nSPS) is 13.3. The van der Waals surface area contributed by atoms with Crippen LogP contribution in [-0.2, 0) is 18.0 Å². The Balaban J connectivity index is -0.0000000168. The third-order valence-electron chi connectivity index (χ3n) is 0.403. The molecule has 0 bridgehead atoms. The van der Waals surface area contributed by atoms with E-state index in [9.17, 15) is 13.9 Å². The van der Waals surface area contributed by atoms with Crippen LogP contribution >= 0.6 is 15.6 Å². The Morgan fingerprint density at radius 1 is 1.07 bits per heavy atom. The molecule has 4 N–H and O–H groups in total. The molecular formula is CH10Ca3O9P2. The van der Waals surface area contributed by atoms with Gasteiger partial charge in [0.2, 0.25) is 0 Å². The standard InChI is InChI=1S/CH4O9P2.3Ca.6H/c2-1(3)9-12(7,8)10-11(4,5)6;;;;;;;;;/h(H,2,3)(H,7,8)(H2,4,5,6);;;;;;;;;/q;3*+2;6*-1. The van der Waals surface area contributed by atoms with Crippen molar-refractivity contribution in [3.63, 3.8) is 0 Å². The number of phosphoric ester groups is 1. The fraction of sp³-hybridized carbons (Fsp3) is 0. The van der Waals surface area contributed by atoms with Crippen LogP contribution in [0.15, 0.2) is 0 Å². The summed E-state index contributed by atoms with van der Waals surface area (Å²) >= 11 is 0. The minimum absolute atomic E-state index is 0. The van der Waals surface area contributed by atoms with Crippen LogP contribution in [0.25, 0.3) is 0 Å². The molecule has 1 unspecified atom stereocenters. The zero-order valence-corrected chi connectivity index (χ0v) is 15.8. The molecule has 0 saturated carbocycles. The van der Waals surface area contributed by atoms with Crippen LogP contribution in [-0.4, -0.2) is 139 Å². The van der Waals surface area contributed by atoms with Crippen molar-refractivity contribution in [2.24, 2.45) is 0 Å². The second kappa shape index (κ2) is 11.2. The number of phosphoric acid groups is 2. The monoisotopic (exact) mass is 348 g/mol. The van der Waals surface area contributed by atoms with Gasteiger partial charge in [-0.1, -0.05) is 0 Å². The van der Waals surface area contributed by atoms with Gasteiger partial charge >= 0.3 is 135 Å². The van der Waals surface area contributed by atoms with Crippen LogP contribution < -0.4 is 0 Å². The van der Waals surface area contributed by atoms with E-state index < -0.39 is 21.8 Å². The van der Waals surface area contributed by atoms with E-state index in [2.05, 4.69) is 8.83 Å². The van der Waals surface area contributed by atoms with E-state index in [0.717, 1.165) is 0 Å². The van der Waals surface area contributed by atoms with Gasteiger partial charge < -0.3 is 28.0 Å². The Bertz CT molecular complexity index is 289. The van der Waals surface area contributed by atoms with Crippen LogP contribution in [0.2, 0.25) is 0 Å². The largest absolute Gasteiger partial charge is 2.00 e. The fourth-order valence-electron chi connectivity index (χ4n) is 0.250. The van der Waals surface area contributed by atoms with Crippen LogP contribution in [0.4, 0.5) is 4.79 Å². The van der Waals surface area contributed by atoms with E-state index in [1.165, 1.54) is 0 Å². The second-order valence-electron chi connectivity index (χ2n) is 1.40. The minimum atomic E-state index is -5.24. The summed E-state index contributed by atoms with van der Waals surface area (Å²) in [6.07, 6.45) is -2.19. The molecule has 0 aliphatic carbocycles. The molecule has 0 amide bonds. The summed E-state index contributed by atoms with van der Waals surface area (Å²) in [7, 11) is -10.5. The minimum Gasteiger partial charge on any atom is -1.00 e. The van der Waals surface area contributed by atoms with Gasteiger partial charge in [0.05, 0.1) is 0 Å². The van der Waals surface area contributed by atoms with Crippen molar-refractivity contribution in [2.75, 3.05) is 0 Å². The summed E-state index contributed by atoms with van der Waals surface area (Å²) in [5.74, 6) is 0. The first kappa shape index (κ1) is 26.8. The van der Waals surface area contributed by atoms with Crippen LogP contribution in [0.3, 0.4) is 0 Å². The van der Waals surface area contributed by atoms with E-state index in [1.54, 1.807) is 0 Å². The van der Waals surface area contributed by atoms with Gasteiger partial charge in [-0.05, 0) is 0 Å². The predicted molar refractivity (Wildman–Crippen MR) is 56.0 cm³/mol. The smallest absolute Gasteiger partial charge is 1.00 e. The summed E-state index contributed by atoms with van der Waals surface area (Å²) in [6, 6.07) is 0. The molecule has 0 aromatic rings. The maximum absolute atomic E-state index is 10.3. The molecule has 0 radical (unpaired) electrons. The third kappa shape index (κ3) is 19.9. The first-order valence-corrected chi connectivity index (χ1v) is 5.17. The van der Waals surface area contributed by atoms with Crippen molar-refractivity contribution >= 4 is 135 Å². The number of carboxylic acid groups (broad SMARTS) is 1. The van der Waals surface area contributed by atoms with E-state index in [-0.39, 0.29) is 122 Å². The average Bonchev–Trinajstić information content (AvgIpc) is 1.48. The van der Waals surface area contributed by atoms with Crippen LogP contribution in [0, 0.1) is 0 Å². The van der Waals surface area contributed by atoms with Crippen molar-refractivity contribution in [2.45, 2.75) is 0 Å². The SMILES string of the molecule is O=C(O)OP(=O)(O)OP(=O)(O)O.[Ca+2].[Ca+2].[Ca+2].[H-].[H-].[H-].[H-].[H-].[H-]. The molecule has 15 heavy (non-hydrogen) atoms. The first-order chi connectivity index (χ1) is 5.12. The second-order valence-corrected chi connectivity index (χ2v) is 4.15. The number of carbonyl (C=O) groups is 1. The summed E-state index contributed by atoms with van der Waals surface area (Å²) in [5.41, 5.74) is 0. The quantitative estimate of drug-likeness (QED) is 0.388. The summed E-state index contributed by atoms with van der Waals surface area (Å²) in [4.78, 5) is 33.8. The molecule has 0 fully saturated rings. The number of hydrogen-bond donors (Lipinski definition) is 4. The van der Waals surface area contributed by atoms with Crippen molar-refractivity contribution in [3.05, 3.63) is 0 Å². The Labute approximate surface area is 183 Å². The molecule has 0 rings (SSSR count). The first-order valence-electron chi connectivity index (χ1n) is 2.14. The molecular weight excluding hydrogens is 338 g/mol. The Kier molecular flexibility index (Phi) is 20.0. The van der Waals surface area contributed by atoms with Gasteiger partial charge in [-0.3, -0.25) is 4.89 Å². The van der Waals surface area contributed by atoms with Gasteiger partial charge in [-0.25, -0.2) is 13.9 Å². The summed E-state index contributed by atoms with van der Waals surface area (Å²) < 4.78 is 26.4. The van der Waals surface area contributed by atoms with Crippen molar-refractivity contribution < 1.29 is 51.1 Å². The van der Waals surface area contributed by atoms with E-state index in [0.29, 0.717) is 0 Å². The maximum Gasteiger partial charge on any atom is 2.00 e. The predicted octanol–water partition coefficient (Wildman–Crippen LogP) is -0.577. The Hall–Kier alpha value is 3.35. The van der Waals surface area contributed by atoms with Crippen LogP contribution in [0.5, 0.6) is 0 Å². The van der Waals surface area contributed by atoms with Gasteiger partial charge in [-0.2, -0.15) is 4.31 Å². The van der Waals surface area contributed by atoms with Gasteiger partial charge in [0.25, 0.3) is 0 Å². The van der Waals surface area contributed by atoms with Crippen molar-refractivity contribution in [1.29, 1.82) is 0 Å². The number of rotatable bonds is 3. The van der Waals surface area contributed by atoms with Gasteiger partial charge in [0, 0.05) is 0 Å². The fourth-order valence-corrected chi connectivity index (χ4v) is 1.66. The van der Waals surface area contributed by atoms with Crippen molar-refractivity contribution in [3.8, 4) is 0 Å². The summed E-state index contributed by atoms with van der Waals surface area (Å²) in [6.45, 7) is 0. The van der Waals surface area contributed by atoms with Gasteiger partial charge in [-0.15, -0.1) is 0 Å². The molecule has 1 atom stereocenters. The molecule has 0 heterocycles. The van der Waals surface area contributed by atoms with E-state index >= 15 is 0 Å². The van der Waals surface area contributed by atoms with Crippen molar-refractivity contribution in [1.82, 2.24) is 0 Å². The molecule has 0 saturated heterocycles. The average molecular weight is 348 g/mol. The molecule has 9 nitrogen and oxygen atoms in total. The zero-order chi connectivity index (χ0) is 9.99. The molecule has 0 aliphatic heterocycles. The Morgan fingerprint density at radius 3 is 1.60 bits per heavy atom.